The molecule has 1 N–H and O–H groups in total. The molecule has 2 aliphatic heterocycles. The van der Waals surface area contributed by atoms with E-state index in [1.165, 1.54) is 7.11 Å². The predicted molar refractivity (Wildman–Crippen MR) is 135 cm³/mol. The highest BCUT2D eigenvalue weighted by atomic mass is 16.5. The monoisotopic (exact) mass is 506 g/mol. The highest BCUT2D eigenvalue weighted by Crippen LogP contribution is 2.47. The molecule has 8 nitrogen and oxygen atoms in total. The van der Waals surface area contributed by atoms with Gasteiger partial charge in [-0.25, -0.2) is 9.59 Å². The molecular formula is C29H30O8. The number of hydrogen-bond donors (Lipinski definition) is 1. The zero-order valence-electron chi connectivity index (χ0n) is 21.0. The minimum atomic E-state index is -0.687. The van der Waals surface area contributed by atoms with Crippen LogP contribution in [0.5, 0.6) is 11.5 Å². The molecule has 0 spiro atoms. The number of allylic oxidation sites excluding steroid dienone is 1. The second-order valence-electron chi connectivity index (χ2n) is 9.39. The maximum Gasteiger partial charge on any atom is 0.342 e. The van der Waals surface area contributed by atoms with E-state index in [0.29, 0.717) is 60.8 Å². The SMILES string of the molecule is COC(=O)c1ccc(C2CC(=O)Oc3cc4c(c(O)c32)C(=O)OC(C)CCCC(=O)CCCC=C4)cc1. The molecule has 0 bridgehead atoms. The van der Waals surface area contributed by atoms with Gasteiger partial charge in [-0.1, -0.05) is 24.3 Å². The summed E-state index contributed by atoms with van der Waals surface area (Å²) in [5, 5.41) is 11.4. The topological polar surface area (TPSA) is 116 Å². The number of carbonyl (C=O) groups is 4. The van der Waals surface area contributed by atoms with Crippen LogP contribution in [0.3, 0.4) is 0 Å². The number of methoxy groups -OCH3 is 1. The zero-order chi connectivity index (χ0) is 26.5. The molecular weight excluding hydrogens is 476 g/mol. The zero-order valence-corrected chi connectivity index (χ0v) is 21.0. The highest BCUT2D eigenvalue weighted by Gasteiger charge is 2.35. The Hall–Kier alpha value is -3.94. The van der Waals surface area contributed by atoms with E-state index >= 15 is 0 Å². The van der Waals surface area contributed by atoms with Crippen LogP contribution in [0.15, 0.2) is 36.4 Å². The molecule has 2 aromatic rings. The summed E-state index contributed by atoms with van der Waals surface area (Å²) in [4.78, 5) is 49.7. The van der Waals surface area contributed by atoms with Gasteiger partial charge in [-0.2, -0.15) is 0 Å². The summed E-state index contributed by atoms with van der Waals surface area (Å²) in [5.41, 5.74) is 1.70. The summed E-state index contributed by atoms with van der Waals surface area (Å²) in [5.74, 6) is -2.20. The van der Waals surface area contributed by atoms with Gasteiger partial charge in [0.2, 0.25) is 0 Å². The van der Waals surface area contributed by atoms with E-state index in [4.69, 9.17) is 14.2 Å². The lowest BCUT2D eigenvalue weighted by Crippen LogP contribution is -2.23. The lowest BCUT2D eigenvalue weighted by molar-refractivity contribution is -0.135. The number of ether oxygens (including phenoxy) is 3. The standard InChI is InChI=1S/C29H30O8/c1-17-7-6-10-21(30)9-5-3-4-8-20-15-23-26(27(32)25(20)29(34)36-17)22(16-24(31)37-23)18-11-13-19(14-12-18)28(33)35-2/h4,8,11-15,17,22,32H,3,5-7,9-10,16H2,1-2H3. The van der Waals surface area contributed by atoms with Crippen molar-refractivity contribution in [2.24, 2.45) is 0 Å². The maximum atomic E-state index is 13.3. The van der Waals surface area contributed by atoms with Crippen molar-refractivity contribution in [3.63, 3.8) is 0 Å². The average Bonchev–Trinajstić information content (AvgIpc) is 2.87. The van der Waals surface area contributed by atoms with Crippen LogP contribution in [0.4, 0.5) is 0 Å². The molecule has 0 radical (unpaired) electrons. The van der Waals surface area contributed by atoms with E-state index < -0.39 is 29.9 Å². The van der Waals surface area contributed by atoms with Crippen LogP contribution in [0.2, 0.25) is 0 Å². The minimum Gasteiger partial charge on any atom is -0.507 e. The van der Waals surface area contributed by atoms with Crippen molar-refractivity contribution < 1.29 is 38.5 Å². The molecule has 2 atom stereocenters. The summed E-state index contributed by atoms with van der Waals surface area (Å²) >= 11 is 0. The van der Waals surface area contributed by atoms with Gasteiger partial charge in [0, 0.05) is 24.3 Å². The van der Waals surface area contributed by atoms with Gasteiger partial charge >= 0.3 is 17.9 Å². The second kappa shape index (κ2) is 11.4. The number of esters is 3. The van der Waals surface area contributed by atoms with E-state index in [2.05, 4.69) is 0 Å². The van der Waals surface area contributed by atoms with E-state index in [1.807, 2.05) is 6.08 Å². The van der Waals surface area contributed by atoms with Gasteiger partial charge in [-0.15, -0.1) is 0 Å². The molecule has 8 heteroatoms. The Bertz CT molecular complexity index is 1240. The molecule has 0 aromatic heterocycles. The van der Waals surface area contributed by atoms with Crippen LogP contribution in [-0.4, -0.2) is 42.0 Å². The van der Waals surface area contributed by atoms with Gasteiger partial charge in [0.25, 0.3) is 0 Å². The van der Waals surface area contributed by atoms with Crippen molar-refractivity contribution in [3.8, 4) is 11.5 Å². The molecule has 2 unspecified atom stereocenters. The molecule has 0 saturated heterocycles. The Labute approximate surface area is 215 Å². The lowest BCUT2D eigenvalue weighted by Gasteiger charge is -2.27. The number of hydrogen-bond acceptors (Lipinski definition) is 8. The number of aromatic hydroxyl groups is 1. The quantitative estimate of drug-likeness (QED) is 0.442. The third kappa shape index (κ3) is 5.90. The summed E-state index contributed by atoms with van der Waals surface area (Å²) in [6.45, 7) is 1.76. The van der Waals surface area contributed by atoms with Gasteiger partial charge in [0.05, 0.1) is 25.2 Å². The number of benzene rings is 2. The molecule has 2 aliphatic rings. The molecule has 0 aliphatic carbocycles. The van der Waals surface area contributed by atoms with Crippen molar-refractivity contribution in [2.45, 2.75) is 63.9 Å². The highest BCUT2D eigenvalue weighted by molar-refractivity contribution is 5.98. The molecule has 0 amide bonds. The number of rotatable bonds is 2. The molecule has 2 aromatic carbocycles. The first-order valence-corrected chi connectivity index (χ1v) is 12.5. The van der Waals surface area contributed by atoms with Crippen LogP contribution < -0.4 is 4.74 Å². The first-order chi connectivity index (χ1) is 17.8. The molecule has 4 rings (SSSR count). The fraction of sp³-hybridized carbons (Fsp3) is 0.379. The Morgan fingerprint density at radius 3 is 2.54 bits per heavy atom. The number of carbonyl (C=O) groups excluding carboxylic acids is 4. The van der Waals surface area contributed by atoms with Crippen LogP contribution in [0.25, 0.3) is 6.08 Å². The van der Waals surface area contributed by atoms with Crippen LogP contribution >= 0.6 is 0 Å². The third-order valence-corrected chi connectivity index (χ3v) is 6.71. The Kier molecular flexibility index (Phi) is 8.06. The number of ketones is 1. The van der Waals surface area contributed by atoms with Crippen molar-refractivity contribution in [1.29, 1.82) is 0 Å². The van der Waals surface area contributed by atoms with E-state index in [-0.39, 0.29) is 29.3 Å². The van der Waals surface area contributed by atoms with Crippen LogP contribution in [-0.2, 0) is 19.1 Å². The Balaban J connectivity index is 1.78. The van der Waals surface area contributed by atoms with Crippen LogP contribution in [0.1, 0.15) is 95.2 Å². The smallest absolute Gasteiger partial charge is 0.342 e. The number of phenols is 1. The molecule has 0 fully saturated rings. The number of cyclic esters (lactones) is 1. The van der Waals surface area contributed by atoms with Gasteiger partial charge in [-0.05, 0) is 61.9 Å². The predicted octanol–water partition coefficient (Wildman–Crippen LogP) is 5.10. The minimum absolute atomic E-state index is 0.00381. The van der Waals surface area contributed by atoms with Gasteiger partial charge in [-0.3, -0.25) is 9.59 Å². The summed E-state index contributed by atoms with van der Waals surface area (Å²) in [6, 6.07) is 8.11. The van der Waals surface area contributed by atoms with Crippen molar-refractivity contribution >= 4 is 29.8 Å². The first kappa shape index (κ1) is 26.1. The third-order valence-electron chi connectivity index (χ3n) is 6.71. The number of fused-ring (bicyclic) bond motifs is 2. The van der Waals surface area contributed by atoms with Gasteiger partial charge in [0.1, 0.15) is 22.8 Å². The summed E-state index contributed by atoms with van der Waals surface area (Å²) < 4.78 is 15.9. The summed E-state index contributed by atoms with van der Waals surface area (Å²) in [7, 11) is 1.29. The molecule has 2 heterocycles. The fourth-order valence-electron chi connectivity index (χ4n) is 4.77. The maximum absolute atomic E-state index is 13.3. The van der Waals surface area contributed by atoms with Crippen LogP contribution in [0, 0.1) is 0 Å². The normalized spacial score (nSPS) is 20.6. The molecule has 194 valence electrons. The van der Waals surface area contributed by atoms with Gasteiger partial charge in [0.15, 0.2) is 0 Å². The fourth-order valence-corrected chi connectivity index (χ4v) is 4.77. The first-order valence-electron chi connectivity index (χ1n) is 12.5. The van der Waals surface area contributed by atoms with E-state index in [1.54, 1.807) is 43.3 Å². The van der Waals surface area contributed by atoms with Gasteiger partial charge < -0.3 is 19.3 Å². The number of phenolic OH excluding ortho intramolecular Hbond substituents is 1. The molecule has 0 saturated carbocycles. The second-order valence-corrected chi connectivity index (χ2v) is 9.39. The summed E-state index contributed by atoms with van der Waals surface area (Å²) in [6.07, 6.45) is 6.38. The average molecular weight is 507 g/mol. The van der Waals surface area contributed by atoms with Crippen molar-refractivity contribution in [1.82, 2.24) is 0 Å². The van der Waals surface area contributed by atoms with Crippen molar-refractivity contribution in [2.75, 3.05) is 7.11 Å². The van der Waals surface area contributed by atoms with Crippen molar-refractivity contribution in [3.05, 3.63) is 64.2 Å². The largest absolute Gasteiger partial charge is 0.507 e. The van der Waals surface area contributed by atoms with E-state index in [9.17, 15) is 24.3 Å². The van der Waals surface area contributed by atoms with E-state index in [0.717, 1.165) is 0 Å². The lowest BCUT2D eigenvalue weighted by atomic mass is 9.83. The Morgan fingerprint density at radius 2 is 1.81 bits per heavy atom. The number of Topliss-reactive ketones (excluding diaryl/α,β-unsaturated/α-hetero) is 1. The Morgan fingerprint density at radius 1 is 1.08 bits per heavy atom. The molecule has 37 heavy (non-hydrogen) atoms.